The zero-order chi connectivity index (χ0) is 30.6. The van der Waals surface area contributed by atoms with Crippen LogP contribution in [0.2, 0.25) is 0 Å². The highest BCUT2D eigenvalue weighted by molar-refractivity contribution is 6.13. The molecule has 0 saturated heterocycles. The standard InChI is InChI=1S/C43H25NO2/c44-26-29-10-1-2-11-30(29)33-12-3-4-13-34(33)37-24-28(32-16-9-19-42-43(32)36-15-6-8-18-40(36)46-42)20-22-31(37)27-21-23-41-38(25-27)35-14-5-7-17-39(35)45-41/h1-25H. The van der Waals surface area contributed by atoms with Gasteiger partial charge in [-0.25, -0.2) is 0 Å². The van der Waals surface area contributed by atoms with Crippen molar-refractivity contribution in [2.45, 2.75) is 0 Å². The molecule has 0 saturated carbocycles. The first-order valence-electron chi connectivity index (χ1n) is 15.3. The number of furan rings is 2. The SMILES string of the molecule is N#Cc1ccccc1-c1ccccc1-c1cc(-c2cccc3oc4ccccc4c23)ccc1-c1ccc2oc3ccccc3c2c1. The summed E-state index contributed by atoms with van der Waals surface area (Å²) >= 11 is 0. The molecule has 0 amide bonds. The predicted octanol–water partition coefficient (Wildman–Crippen LogP) is 12.0. The van der Waals surface area contributed by atoms with Gasteiger partial charge < -0.3 is 8.83 Å². The molecule has 2 heterocycles. The molecule has 9 aromatic rings. The average Bonchev–Trinajstić information content (AvgIpc) is 3.69. The smallest absolute Gasteiger partial charge is 0.136 e. The number of rotatable bonds is 4. The first-order chi connectivity index (χ1) is 22.8. The molecule has 46 heavy (non-hydrogen) atoms. The zero-order valence-electron chi connectivity index (χ0n) is 24.7. The first kappa shape index (κ1) is 26.1. The summed E-state index contributed by atoms with van der Waals surface area (Å²) in [7, 11) is 0. The average molecular weight is 588 g/mol. The van der Waals surface area contributed by atoms with Crippen LogP contribution in [0.4, 0.5) is 0 Å². The van der Waals surface area contributed by atoms with Crippen LogP contribution in [0.25, 0.3) is 88.4 Å². The maximum absolute atomic E-state index is 10.0. The van der Waals surface area contributed by atoms with E-state index < -0.39 is 0 Å². The van der Waals surface area contributed by atoms with Crippen molar-refractivity contribution in [3.8, 4) is 50.6 Å². The third kappa shape index (κ3) is 4.05. The molecule has 3 heteroatoms. The third-order valence-corrected chi connectivity index (χ3v) is 8.98. The van der Waals surface area contributed by atoms with E-state index in [-0.39, 0.29) is 0 Å². The molecule has 0 radical (unpaired) electrons. The highest BCUT2D eigenvalue weighted by atomic mass is 16.3. The third-order valence-electron chi connectivity index (χ3n) is 8.98. The van der Waals surface area contributed by atoms with E-state index in [0.717, 1.165) is 88.4 Å². The van der Waals surface area contributed by atoms with Crippen LogP contribution in [0.5, 0.6) is 0 Å². The van der Waals surface area contributed by atoms with Gasteiger partial charge in [0.2, 0.25) is 0 Å². The summed E-state index contributed by atoms with van der Waals surface area (Å²) in [6, 6.07) is 54.4. The van der Waals surface area contributed by atoms with Crippen LogP contribution in [0, 0.1) is 11.3 Å². The zero-order valence-corrected chi connectivity index (χ0v) is 24.7. The Morgan fingerprint density at radius 2 is 0.935 bits per heavy atom. The largest absolute Gasteiger partial charge is 0.456 e. The van der Waals surface area contributed by atoms with E-state index in [1.54, 1.807) is 0 Å². The monoisotopic (exact) mass is 587 g/mol. The van der Waals surface area contributed by atoms with E-state index in [1.807, 2.05) is 66.7 Å². The first-order valence-corrected chi connectivity index (χ1v) is 15.3. The van der Waals surface area contributed by atoms with Gasteiger partial charge in [-0.3, -0.25) is 0 Å². The normalized spacial score (nSPS) is 11.5. The van der Waals surface area contributed by atoms with Gasteiger partial charge in [-0.1, -0.05) is 109 Å². The van der Waals surface area contributed by atoms with Crippen molar-refractivity contribution in [1.29, 1.82) is 5.26 Å². The van der Waals surface area contributed by atoms with Crippen LogP contribution in [-0.2, 0) is 0 Å². The molecule has 3 nitrogen and oxygen atoms in total. The molecule has 0 unspecified atom stereocenters. The Morgan fingerprint density at radius 3 is 1.76 bits per heavy atom. The molecule has 0 spiro atoms. The second kappa shape index (κ2) is 10.4. The molecule has 0 aliphatic rings. The fourth-order valence-electron chi connectivity index (χ4n) is 6.86. The summed E-state index contributed by atoms with van der Waals surface area (Å²) < 4.78 is 12.4. The fraction of sp³-hybridized carbons (Fsp3) is 0. The highest BCUT2D eigenvalue weighted by Gasteiger charge is 2.19. The molecule has 2 aromatic heterocycles. The molecule has 0 fully saturated rings. The Labute approximate surface area is 265 Å². The van der Waals surface area contributed by atoms with Crippen LogP contribution in [0.15, 0.2) is 160 Å². The molecule has 0 atom stereocenters. The van der Waals surface area contributed by atoms with Crippen molar-refractivity contribution in [2.24, 2.45) is 0 Å². The Balaban J connectivity index is 1.33. The van der Waals surface area contributed by atoms with Crippen LogP contribution >= 0.6 is 0 Å². The van der Waals surface area contributed by atoms with E-state index in [9.17, 15) is 5.26 Å². The number of nitrogens with zero attached hydrogens (tertiary/aromatic N) is 1. The van der Waals surface area contributed by atoms with Gasteiger partial charge in [-0.05, 0) is 81.4 Å². The van der Waals surface area contributed by atoms with Crippen molar-refractivity contribution < 1.29 is 8.83 Å². The number of benzene rings is 7. The van der Waals surface area contributed by atoms with E-state index in [1.165, 1.54) is 0 Å². The lowest BCUT2D eigenvalue weighted by molar-refractivity contribution is 0.668. The van der Waals surface area contributed by atoms with E-state index in [4.69, 9.17) is 8.83 Å². The number of fused-ring (bicyclic) bond motifs is 6. The summed E-state index contributed by atoms with van der Waals surface area (Å²) in [5.41, 5.74) is 12.6. The van der Waals surface area contributed by atoms with Crippen molar-refractivity contribution in [1.82, 2.24) is 0 Å². The van der Waals surface area contributed by atoms with Crippen molar-refractivity contribution in [2.75, 3.05) is 0 Å². The van der Waals surface area contributed by atoms with Gasteiger partial charge in [0, 0.05) is 27.1 Å². The van der Waals surface area contributed by atoms with Gasteiger partial charge in [0.05, 0.1) is 11.6 Å². The maximum Gasteiger partial charge on any atom is 0.136 e. The minimum atomic E-state index is 0.647. The van der Waals surface area contributed by atoms with Gasteiger partial charge in [-0.15, -0.1) is 0 Å². The van der Waals surface area contributed by atoms with Crippen LogP contribution in [0.1, 0.15) is 5.56 Å². The molecular formula is C43H25NO2. The predicted molar refractivity (Wildman–Crippen MR) is 187 cm³/mol. The molecule has 9 rings (SSSR count). The van der Waals surface area contributed by atoms with Crippen LogP contribution in [-0.4, -0.2) is 0 Å². The lowest BCUT2D eigenvalue weighted by Gasteiger charge is -2.17. The van der Waals surface area contributed by atoms with Crippen molar-refractivity contribution >= 4 is 43.9 Å². The molecule has 7 aromatic carbocycles. The summed E-state index contributed by atoms with van der Waals surface area (Å²) in [4.78, 5) is 0. The number of nitriles is 1. The minimum absolute atomic E-state index is 0.647. The lowest BCUT2D eigenvalue weighted by Crippen LogP contribution is -1.92. The van der Waals surface area contributed by atoms with Gasteiger partial charge in [0.25, 0.3) is 0 Å². The number of hydrogen-bond acceptors (Lipinski definition) is 3. The lowest BCUT2D eigenvalue weighted by atomic mass is 9.86. The van der Waals surface area contributed by atoms with Crippen LogP contribution in [0.3, 0.4) is 0 Å². The second-order valence-electron chi connectivity index (χ2n) is 11.5. The van der Waals surface area contributed by atoms with Crippen LogP contribution < -0.4 is 0 Å². The maximum atomic E-state index is 10.0. The Morgan fingerprint density at radius 1 is 0.370 bits per heavy atom. The summed E-state index contributed by atoms with van der Waals surface area (Å²) in [5, 5.41) is 14.4. The fourth-order valence-corrected chi connectivity index (χ4v) is 6.86. The molecule has 0 bridgehead atoms. The molecule has 0 aliphatic carbocycles. The highest BCUT2D eigenvalue weighted by Crippen LogP contribution is 2.44. The quantitative estimate of drug-likeness (QED) is 0.206. The van der Waals surface area contributed by atoms with Crippen molar-refractivity contribution in [3.05, 3.63) is 157 Å². The molecular weight excluding hydrogens is 562 g/mol. The number of para-hydroxylation sites is 2. The minimum Gasteiger partial charge on any atom is -0.456 e. The van der Waals surface area contributed by atoms with Gasteiger partial charge in [0.15, 0.2) is 0 Å². The van der Waals surface area contributed by atoms with Gasteiger partial charge in [0.1, 0.15) is 22.3 Å². The molecule has 0 N–H and O–H groups in total. The van der Waals surface area contributed by atoms with Crippen molar-refractivity contribution in [3.63, 3.8) is 0 Å². The summed E-state index contributed by atoms with van der Waals surface area (Å²) in [6.07, 6.45) is 0. The van der Waals surface area contributed by atoms with Gasteiger partial charge in [-0.2, -0.15) is 5.26 Å². The Hall–Kier alpha value is -6.37. The van der Waals surface area contributed by atoms with E-state index in [2.05, 4.69) is 91.0 Å². The Kier molecular flexibility index (Phi) is 5.88. The van der Waals surface area contributed by atoms with Gasteiger partial charge >= 0.3 is 0 Å². The van der Waals surface area contributed by atoms with E-state index >= 15 is 0 Å². The summed E-state index contributed by atoms with van der Waals surface area (Å²) in [5.74, 6) is 0. The molecule has 214 valence electrons. The number of hydrogen-bond donors (Lipinski definition) is 0. The second-order valence-corrected chi connectivity index (χ2v) is 11.5. The topological polar surface area (TPSA) is 50.1 Å². The van der Waals surface area contributed by atoms with E-state index in [0.29, 0.717) is 5.56 Å². The Bertz CT molecular complexity index is 2670. The summed E-state index contributed by atoms with van der Waals surface area (Å²) in [6.45, 7) is 0. The molecule has 0 aliphatic heterocycles.